The number of carbonyl (C=O) groups is 1. The Balaban J connectivity index is 2.14. The third-order valence-corrected chi connectivity index (χ3v) is 4.19. The molecule has 0 aliphatic carbocycles. The van der Waals surface area contributed by atoms with Crippen LogP contribution in [0.15, 0.2) is 22.7 Å². The van der Waals surface area contributed by atoms with Crippen molar-refractivity contribution in [2.75, 3.05) is 25.0 Å². The second kappa shape index (κ2) is 6.39. The van der Waals surface area contributed by atoms with Crippen LogP contribution in [0.5, 0.6) is 0 Å². The van der Waals surface area contributed by atoms with Gasteiger partial charge in [-0.05, 0) is 53.5 Å². The van der Waals surface area contributed by atoms with Crippen LogP contribution in [0, 0.1) is 5.92 Å². The van der Waals surface area contributed by atoms with Gasteiger partial charge in [-0.2, -0.15) is 0 Å². The number of primary amides is 1. The number of anilines is 1. The number of benzene rings is 1. The molecule has 1 aliphatic heterocycles. The minimum Gasteiger partial charge on any atom is -0.370 e. The molecule has 1 atom stereocenters. The number of halogens is 1. The number of nitrogens with one attached hydrogen (secondary N) is 1. The highest BCUT2D eigenvalue weighted by Gasteiger charge is 2.25. The molecular formula is C14H20BrN3O. The molecule has 1 aliphatic rings. The average molecular weight is 326 g/mol. The number of hydrogen-bond acceptors (Lipinski definition) is 3. The highest BCUT2D eigenvalue weighted by atomic mass is 79.9. The first kappa shape index (κ1) is 14.3. The second-order valence-electron chi connectivity index (χ2n) is 5.00. The van der Waals surface area contributed by atoms with Crippen molar-refractivity contribution in [3.8, 4) is 0 Å². The lowest BCUT2D eigenvalue weighted by Crippen LogP contribution is -2.41. The Bertz CT molecular complexity index is 464. The Labute approximate surface area is 122 Å². The van der Waals surface area contributed by atoms with E-state index in [4.69, 9.17) is 5.73 Å². The summed E-state index contributed by atoms with van der Waals surface area (Å²) in [6, 6.07) is 6.35. The molecule has 0 saturated carbocycles. The van der Waals surface area contributed by atoms with E-state index in [0.29, 0.717) is 0 Å². The van der Waals surface area contributed by atoms with Crippen molar-refractivity contribution in [3.05, 3.63) is 28.2 Å². The monoisotopic (exact) mass is 325 g/mol. The Morgan fingerprint density at radius 2 is 2.37 bits per heavy atom. The quantitative estimate of drug-likeness (QED) is 0.888. The molecule has 104 valence electrons. The fraction of sp³-hybridized carbons (Fsp3) is 0.500. The minimum absolute atomic E-state index is 0.0300. The molecule has 1 unspecified atom stereocenters. The van der Waals surface area contributed by atoms with E-state index in [0.717, 1.165) is 42.6 Å². The van der Waals surface area contributed by atoms with E-state index >= 15 is 0 Å². The number of piperidine rings is 1. The van der Waals surface area contributed by atoms with Gasteiger partial charge in [0.05, 0.1) is 11.6 Å². The summed E-state index contributed by atoms with van der Waals surface area (Å²) in [4.78, 5) is 13.6. The first-order chi connectivity index (χ1) is 9.11. The van der Waals surface area contributed by atoms with Crippen LogP contribution in [-0.4, -0.2) is 26.0 Å². The van der Waals surface area contributed by atoms with E-state index in [-0.39, 0.29) is 11.8 Å². The summed E-state index contributed by atoms with van der Waals surface area (Å²) in [5.74, 6) is -0.217. The normalized spacial score (nSPS) is 19.5. The fourth-order valence-electron chi connectivity index (χ4n) is 2.55. The highest BCUT2D eigenvalue weighted by Crippen LogP contribution is 2.30. The predicted molar refractivity (Wildman–Crippen MR) is 81.0 cm³/mol. The summed E-state index contributed by atoms with van der Waals surface area (Å²) in [5, 5.41) is 3.14. The Morgan fingerprint density at radius 3 is 3.00 bits per heavy atom. The van der Waals surface area contributed by atoms with Gasteiger partial charge in [0.25, 0.3) is 0 Å². The molecule has 4 nitrogen and oxygen atoms in total. The van der Waals surface area contributed by atoms with E-state index < -0.39 is 0 Å². The van der Waals surface area contributed by atoms with E-state index in [1.807, 2.05) is 7.05 Å². The minimum atomic E-state index is -0.187. The maximum Gasteiger partial charge on any atom is 0.222 e. The molecule has 5 heteroatoms. The SMILES string of the molecule is CNCc1ccc(N2CCCC(C(N)=O)C2)c(Br)c1. The molecular weight excluding hydrogens is 306 g/mol. The van der Waals surface area contributed by atoms with Gasteiger partial charge in [0, 0.05) is 24.1 Å². The van der Waals surface area contributed by atoms with E-state index in [2.05, 4.69) is 44.3 Å². The summed E-state index contributed by atoms with van der Waals surface area (Å²) >= 11 is 3.62. The zero-order chi connectivity index (χ0) is 13.8. The lowest BCUT2D eigenvalue weighted by molar-refractivity contribution is -0.122. The van der Waals surface area contributed by atoms with Crippen LogP contribution < -0.4 is 16.0 Å². The van der Waals surface area contributed by atoms with Gasteiger partial charge < -0.3 is 16.0 Å². The van der Waals surface area contributed by atoms with Crippen molar-refractivity contribution in [2.45, 2.75) is 19.4 Å². The molecule has 1 fully saturated rings. The number of amides is 1. The van der Waals surface area contributed by atoms with Crippen LogP contribution in [0.4, 0.5) is 5.69 Å². The molecule has 3 N–H and O–H groups in total. The van der Waals surface area contributed by atoms with Gasteiger partial charge in [-0.25, -0.2) is 0 Å². The first-order valence-electron chi connectivity index (χ1n) is 6.59. The maximum atomic E-state index is 11.3. The van der Waals surface area contributed by atoms with Crippen molar-refractivity contribution in [1.29, 1.82) is 0 Å². The molecule has 0 spiro atoms. The Hall–Kier alpha value is -1.07. The molecule has 0 bridgehead atoms. The summed E-state index contributed by atoms with van der Waals surface area (Å²) < 4.78 is 1.07. The number of hydrogen-bond donors (Lipinski definition) is 2. The Kier molecular flexibility index (Phi) is 4.82. The highest BCUT2D eigenvalue weighted by molar-refractivity contribution is 9.10. The maximum absolute atomic E-state index is 11.3. The van der Waals surface area contributed by atoms with Gasteiger partial charge in [0.2, 0.25) is 5.91 Å². The van der Waals surface area contributed by atoms with Gasteiger partial charge in [-0.1, -0.05) is 6.07 Å². The van der Waals surface area contributed by atoms with Crippen molar-refractivity contribution in [1.82, 2.24) is 5.32 Å². The van der Waals surface area contributed by atoms with Crippen molar-refractivity contribution < 1.29 is 4.79 Å². The molecule has 1 amide bonds. The summed E-state index contributed by atoms with van der Waals surface area (Å²) in [6.45, 7) is 2.55. The summed E-state index contributed by atoms with van der Waals surface area (Å²) in [7, 11) is 1.93. The number of nitrogens with two attached hydrogens (primary N) is 1. The third kappa shape index (κ3) is 3.48. The zero-order valence-corrected chi connectivity index (χ0v) is 12.7. The molecule has 1 heterocycles. The Morgan fingerprint density at radius 1 is 1.58 bits per heavy atom. The second-order valence-corrected chi connectivity index (χ2v) is 5.86. The van der Waals surface area contributed by atoms with Gasteiger partial charge in [-0.3, -0.25) is 4.79 Å². The number of rotatable bonds is 4. The van der Waals surface area contributed by atoms with Crippen LogP contribution in [0.3, 0.4) is 0 Å². The largest absolute Gasteiger partial charge is 0.370 e. The molecule has 0 radical (unpaired) electrons. The van der Waals surface area contributed by atoms with Crippen LogP contribution >= 0.6 is 15.9 Å². The van der Waals surface area contributed by atoms with E-state index in [1.165, 1.54) is 5.56 Å². The number of carbonyl (C=O) groups excluding carboxylic acids is 1. The van der Waals surface area contributed by atoms with Gasteiger partial charge >= 0.3 is 0 Å². The smallest absolute Gasteiger partial charge is 0.222 e. The van der Waals surface area contributed by atoms with Crippen molar-refractivity contribution in [2.24, 2.45) is 11.7 Å². The lowest BCUT2D eigenvalue weighted by Gasteiger charge is -2.33. The van der Waals surface area contributed by atoms with Crippen LogP contribution in [-0.2, 0) is 11.3 Å². The van der Waals surface area contributed by atoms with Crippen LogP contribution in [0.25, 0.3) is 0 Å². The third-order valence-electron chi connectivity index (χ3n) is 3.56. The fourth-order valence-corrected chi connectivity index (χ4v) is 3.23. The zero-order valence-electron chi connectivity index (χ0n) is 11.2. The number of nitrogens with zero attached hydrogens (tertiary/aromatic N) is 1. The van der Waals surface area contributed by atoms with Gasteiger partial charge in [0.15, 0.2) is 0 Å². The molecule has 2 rings (SSSR count). The summed E-state index contributed by atoms with van der Waals surface area (Å²) in [6.07, 6.45) is 1.92. The molecule has 1 aromatic rings. The molecule has 19 heavy (non-hydrogen) atoms. The van der Waals surface area contributed by atoms with Gasteiger partial charge in [0.1, 0.15) is 0 Å². The standard InChI is InChI=1S/C14H20BrN3O/c1-17-8-10-4-5-13(12(15)7-10)18-6-2-3-11(9-18)14(16)19/h4-5,7,11,17H,2-3,6,8-9H2,1H3,(H2,16,19). The topological polar surface area (TPSA) is 58.4 Å². The van der Waals surface area contributed by atoms with Crippen LogP contribution in [0.2, 0.25) is 0 Å². The molecule has 1 aromatic carbocycles. The average Bonchev–Trinajstić information content (AvgIpc) is 2.39. The summed E-state index contributed by atoms with van der Waals surface area (Å²) in [5.41, 5.74) is 7.81. The van der Waals surface area contributed by atoms with E-state index in [1.54, 1.807) is 0 Å². The van der Waals surface area contributed by atoms with Crippen molar-refractivity contribution in [3.63, 3.8) is 0 Å². The first-order valence-corrected chi connectivity index (χ1v) is 7.38. The van der Waals surface area contributed by atoms with Gasteiger partial charge in [-0.15, -0.1) is 0 Å². The lowest BCUT2D eigenvalue weighted by atomic mass is 9.97. The predicted octanol–water partition coefficient (Wildman–Crippen LogP) is 1.87. The van der Waals surface area contributed by atoms with E-state index in [9.17, 15) is 4.79 Å². The van der Waals surface area contributed by atoms with Crippen molar-refractivity contribution >= 4 is 27.5 Å². The van der Waals surface area contributed by atoms with Crippen LogP contribution in [0.1, 0.15) is 18.4 Å². The molecule has 1 saturated heterocycles. The molecule has 0 aromatic heterocycles.